The number of nitrogens with zero attached hydrogens (tertiary/aromatic N) is 1. The van der Waals surface area contributed by atoms with Crippen LogP contribution in [0.1, 0.15) is 30.1 Å². The minimum atomic E-state index is -0.539. The van der Waals surface area contributed by atoms with E-state index in [0.717, 1.165) is 12.8 Å². The van der Waals surface area contributed by atoms with E-state index >= 15 is 0 Å². The molecule has 1 amide bonds. The zero-order valence-electron chi connectivity index (χ0n) is 11.3. The summed E-state index contributed by atoms with van der Waals surface area (Å²) >= 11 is 5.84. The summed E-state index contributed by atoms with van der Waals surface area (Å²) in [5.74, 6) is -0.518. The molecule has 1 heterocycles. The van der Waals surface area contributed by atoms with Crippen molar-refractivity contribution in [3.05, 3.63) is 34.6 Å². The highest BCUT2D eigenvalue weighted by Gasteiger charge is 2.32. The smallest absolute Gasteiger partial charge is 0.257 e. The Morgan fingerprint density at radius 2 is 2.25 bits per heavy atom. The van der Waals surface area contributed by atoms with Gasteiger partial charge in [0.2, 0.25) is 0 Å². The van der Waals surface area contributed by atoms with E-state index in [1.165, 1.54) is 18.2 Å². The van der Waals surface area contributed by atoms with Crippen molar-refractivity contribution in [3.8, 4) is 0 Å². The number of hydrogen-bond acceptors (Lipinski definition) is 2. The average Bonchev–Trinajstić information content (AvgIpc) is 2.40. The van der Waals surface area contributed by atoms with E-state index in [9.17, 15) is 9.18 Å². The third-order valence-electron chi connectivity index (χ3n) is 3.78. The van der Waals surface area contributed by atoms with Gasteiger partial charge in [-0.3, -0.25) is 4.79 Å². The second-order valence-corrected chi connectivity index (χ2v) is 5.48. The SMILES string of the molecule is CC1CCCN(C(=O)c2cc(Cl)ccc2F)C1CN.Cl. The van der Waals surface area contributed by atoms with Gasteiger partial charge in [0, 0.05) is 24.2 Å². The van der Waals surface area contributed by atoms with Gasteiger partial charge in [0.1, 0.15) is 5.82 Å². The molecular weight excluding hydrogens is 302 g/mol. The molecule has 1 aliphatic heterocycles. The number of rotatable bonds is 2. The fraction of sp³-hybridized carbons (Fsp3) is 0.500. The van der Waals surface area contributed by atoms with Crippen LogP contribution in [-0.2, 0) is 0 Å². The van der Waals surface area contributed by atoms with Gasteiger partial charge < -0.3 is 10.6 Å². The van der Waals surface area contributed by atoms with Crippen molar-refractivity contribution in [2.75, 3.05) is 13.1 Å². The predicted octanol–water partition coefficient (Wildman–Crippen LogP) is 3.10. The van der Waals surface area contributed by atoms with Gasteiger partial charge in [-0.2, -0.15) is 0 Å². The lowest BCUT2D eigenvalue weighted by Crippen LogP contribution is -2.51. The molecule has 2 unspecified atom stereocenters. The van der Waals surface area contributed by atoms with Gasteiger partial charge in [0.15, 0.2) is 0 Å². The Morgan fingerprint density at radius 1 is 1.55 bits per heavy atom. The summed E-state index contributed by atoms with van der Waals surface area (Å²) in [4.78, 5) is 14.1. The van der Waals surface area contributed by atoms with E-state index in [1.807, 2.05) is 0 Å². The monoisotopic (exact) mass is 320 g/mol. The molecule has 0 aromatic heterocycles. The summed E-state index contributed by atoms with van der Waals surface area (Å²) in [6.07, 6.45) is 1.97. The molecule has 6 heteroatoms. The molecule has 0 aliphatic carbocycles. The minimum absolute atomic E-state index is 0. The summed E-state index contributed by atoms with van der Waals surface area (Å²) in [5, 5.41) is 0.360. The van der Waals surface area contributed by atoms with Crippen molar-refractivity contribution in [2.45, 2.75) is 25.8 Å². The molecule has 3 nitrogen and oxygen atoms in total. The van der Waals surface area contributed by atoms with E-state index in [4.69, 9.17) is 17.3 Å². The summed E-state index contributed by atoms with van der Waals surface area (Å²) in [5.41, 5.74) is 5.78. The summed E-state index contributed by atoms with van der Waals surface area (Å²) < 4.78 is 13.8. The maximum Gasteiger partial charge on any atom is 0.257 e. The van der Waals surface area contributed by atoms with Crippen LogP contribution < -0.4 is 5.73 Å². The number of carbonyl (C=O) groups is 1. The minimum Gasteiger partial charge on any atom is -0.334 e. The molecule has 0 radical (unpaired) electrons. The van der Waals surface area contributed by atoms with Crippen LogP contribution in [0.4, 0.5) is 4.39 Å². The normalized spacial score (nSPS) is 22.3. The Bertz CT molecular complexity index is 484. The molecule has 2 rings (SSSR count). The molecule has 20 heavy (non-hydrogen) atoms. The maximum absolute atomic E-state index is 13.8. The molecule has 1 aromatic rings. The average molecular weight is 321 g/mol. The number of halogens is 3. The number of nitrogens with two attached hydrogens (primary N) is 1. The largest absolute Gasteiger partial charge is 0.334 e. The molecule has 2 N–H and O–H groups in total. The molecule has 0 bridgehead atoms. The third-order valence-corrected chi connectivity index (χ3v) is 4.01. The maximum atomic E-state index is 13.8. The van der Waals surface area contributed by atoms with E-state index < -0.39 is 5.82 Å². The van der Waals surface area contributed by atoms with Crippen molar-refractivity contribution in [2.24, 2.45) is 11.7 Å². The van der Waals surface area contributed by atoms with E-state index in [0.29, 0.717) is 24.0 Å². The van der Waals surface area contributed by atoms with Crippen LogP contribution in [0.3, 0.4) is 0 Å². The number of likely N-dealkylation sites (tertiary alicyclic amines) is 1. The topological polar surface area (TPSA) is 46.3 Å². The van der Waals surface area contributed by atoms with E-state index in [1.54, 1.807) is 4.90 Å². The van der Waals surface area contributed by atoms with E-state index in [2.05, 4.69) is 6.92 Å². The van der Waals surface area contributed by atoms with Crippen LogP contribution in [-0.4, -0.2) is 29.9 Å². The Hall–Kier alpha value is -0.840. The summed E-state index contributed by atoms with van der Waals surface area (Å²) in [6.45, 7) is 3.09. The van der Waals surface area contributed by atoms with Crippen LogP contribution in [0.2, 0.25) is 5.02 Å². The van der Waals surface area contributed by atoms with Gasteiger partial charge in [-0.25, -0.2) is 4.39 Å². The zero-order chi connectivity index (χ0) is 14.0. The van der Waals surface area contributed by atoms with Crippen molar-refractivity contribution >= 4 is 29.9 Å². The first kappa shape index (κ1) is 17.2. The van der Waals surface area contributed by atoms with Crippen LogP contribution >= 0.6 is 24.0 Å². The van der Waals surface area contributed by atoms with Crippen LogP contribution in [0.25, 0.3) is 0 Å². The number of amides is 1. The lowest BCUT2D eigenvalue weighted by Gasteiger charge is -2.39. The molecule has 112 valence electrons. The Balaban J connectivity index is 0.00000200. The molecule has 1 aliphatic rings. The van der Waals surface area contributed by atoms with Gasteiger partial charge in [0.05, 0.1) is 5.56 Å². The second kappa shape index (κ2) is 7.25. The zero-order valence-corrected chi connectivity index (χ0v) is 12.9. The van der Waals surface area contributed by atoms with Crippen molar-refractivity contribution in [1.82, 2.24) is 4.90 Å². The molecule has 1 aromatic carbocycles. The van der Waals surface area contributed by atoms with Gasteiger partial charge >= 0.3 is 0 Å². The van der Waals surface area contributed by atoms with Crippen LogP contribution in [0.5, 0.6) is 0 Å². The van der Waals surface area contributed by atoms with Gasteiger partial charge in [-0.15, -0.1) is 12.4 Å². The Labute approximate surface area is 129 Å². The molecule has 0 saturated carbocycles. The van der Waals surface area contributed by atoms with Gasteiger partial charge in [-0.05, 0) is 37.0 Å². The summed E-state index contributed by atoms with van der Waals surface area (Å²) in [6, 6.07) is 4.01. The highest BCUT2D eigenvalue weighted by molar-refractivity contribution is 6.31. The number of carbonyl (C=O) groups excluding carboxylic acids is 1. The fourth-order valence-electron chi connectivity index (χ4n) is 2.68. The standard InChI is InChI=1S/C14H18ClFN2O.ClH/c1-9-3-2-6-18(13(9)8-17)14(19)11-7-10(15)4-5-12(11)16;/h4-5,7,9,13H,2-3,6,8,17H2,1H3;1H. The Morgan fingerprint density at radius 3 is 2.90 bits per heavy atom. The highest BCUT2D eigenvalue weighted by Crippen LogP contribution is 2.25. The molecule has 1 fully saturated rings. The molecule has 1 saturated heterocycles. The molecule has 2 atom stereocenters. The quantitative estimate of drug-likeness (QED) is 0.910. The second-order valence-electron chi connectivity index (χ2n) is 5.05. The van der Waals surface area contributed by atoms with Crippen LogP contribution in [0.15, 0.2) is 18.2 Å². The lowest BCUT2D eigenvalue weighted by atomic mass is 9.90. The van der Waals surface area contributed by atoms with Gasteiger partial charge in [0.25, 0.3) is 5.91 Å². The summed E-state index contributed by atoms with van der Waals surface area (Å²) in [7, 11) is 0. The first-order chi connectivity index (χ1) is 9.04. The molecular formula is C14H19Cl2FN2O. The fourth-order valence-corrected chi connectivity index (χ4v) is 2.85. The van der Waals surface area contributed by atoms with E-state index in [-0.39, 0.29) is 29.9 Å². The predicted molar refractivity (Wildman–Crippen MR) is 80.9 cm³/mol. The Kier molecular flexibility index (Phi) is 6.24. The van der Waals surface area contributed by atoms with Crippen molar-refractivity contribution in [3.63, 3.8) is 0 Å². The van der Waals surface area contributed by atoms with Crippen molar-refractivity contribution < 1.29 is 9.18 Å². The lowest BCUT2D eigenvalue weighted by molar-refractivity contribution is 0.0528. The highest BCUT2D eigenvalue weighted by atomic mass is 35.5. The number of benzene rings is 1. The first-order valence-electron chi connectivity index (χ1n) is 6.50. The third kappa shape index (κ3) is 3.43. The molecule has 0 spiro atoms. The van der Waals surface area contributed by atoms with Crippen molar-refractivity contribution in [1.29, 1.82) is 0 Å². The number of piperidine rings is 1. The first-order valence-corrected chi connectivity index (χ1v) is 6.88. The van der Waals surface area contributed by atoms with Gasteiger partial charge in [-0.1, -0.05) is 18.5 Å². The van der Waals surface area contributed by atoms with Crippen LogP contribution in [0, 0.1) is 11.7 Å². The number of hydrogen-bond donors (Lipinski definition) is 1.